The van der Waals surface area contributed by atoms with Crippen LogP contribution in [0.1, 0.15) is 19.8 Å². The van der Waals surface area contributed by atoms with E-state index in [1.807, 2.05) is 12.1 Å². The van der Waals surface area contributed by atoms with Gasteiger partial charge in [-0.1, -0.05) is 22.9 Å². The number of halogens is 1. The smallest absolute Gasteiger partial charge is 0.326 e. The van der Waals surface area contributed by atoms with Crippen LogP contribution in [0.4, 0.5) is 0 Å². The predicted octanol–water partition coefficient (Wildman–Crippen LogP) is 2.76. The van der Waals surface area contributed by atoms with E-state index in [-0.39, 0.29) is 24.3 Å². The molecule has 1 saturated carbocycles. The zero-order chi connectivity index (χ0) is 15.7. The lowest BCUT2D eigenvalue weighted by atomic mass is 10.3. The summed E-state index contributed by atoms with van der Waals surface area (Å²) < 4.78 is 7.60. The Bertz CT molecular complexity index is 805. The molecule has 116 valence electrons. The Kier molecular flexibility index (Phi) is 4.31. The van der Waals surface area contributed by atoms with E-state index in [1.54, 1.807) is 17.6 Å². The summed E-state index contributed by atoms with van der Waals surface area (Å²) in [5, 5.41) is 0.608. The molecule has 0 saturated heterocycles. The number of thiazole rings is 1. The van der Waals surface area contributed by atoms with Crippen molar-refractivity contribution in [2.24, 2.45) is 10.9 Å². The zero-order valence-corrected chi connectivity index (χ0v) is 13.6. The fourth-order valence-electron chi connectivity index (χ4n) is 2.14. The van der Waals surface area contributed by atoms with Crippen molar-refractivity contribution in [3.8, 4) is 0 Å². The molecule has 5 nitrogen and oxygen atoms in total. The molecule has 1 aliphatic carbocycles. The summed E-state index contributed by atoms with van der Waals surface area (Å²) in [5.41, 5.74) is 0.824. The average Bonchev–Trinajstić information content (AvgIpc) is 3.25. The molecule has 2 aromatic rings. The van der Waals surface area contributed by atoms with Crippen molar-refractivity contribution < 1.29 is 14.3 Å². The van der Waals surface area contributed by atoms with Gasteiger partial charge in [-0.25, -0.2) is 0 Å². The third kappa shape index (κ3) is 3.23. The lowest BCUT2D eigenvalue weighted by Crippen LogP contribution is -2.23. The second-order valence-electron chi connectivity index (χ2n) is 5.11. The first-order valence-electron chi connectivity index (χ1n) is 7.11. The van der Waals surface area contributed by atoms with Gasteiger partial charge < -0.3 is 9.30 Å². The number of hydrogen-bond donors (Lipinski definition) is 0. The number of carbonyl (C=O) groups excluding carboxylic acids is 2. The lowest BCUT2D eigenvalue weighted by Gasteiger charge is -2.05. The Labute approximate surface area is 136 Å². The van der Waals surface area contributed by atoms with Gasteiger partial charge in [0.05, 0.1) is 16.8 Å². The number of amides is 1. The van der Waals surface area contributed by atoms with E-state index < -0.39 is 0 Å². The number of benzene rings is 1. The highest BCUT2D eigenvalue weighted by Crippen LogP contribution is 2.30. The third-order valence-electron chi connectivity index (χ3n) is 3.37. The number of carbonyl (C=O) groups is 2. The van der Waals surface area contributed by atoms with Crippen LogP contribution in [0.25, 0.3) is 10.2 Å². The highest BCUT2D eigenvalue weighted by molar-refractivity contribution is 7.16. The zero-order valence-electron chi connectivity index (χ0n) is 12.0. The molecule has 7 heteroatoms. The van der Waals surface area contributed by atoms with Gasteiger partial charge in [0.2, 0.25) is 0 Å². The average molecular weight is 339 g/mol. The van der Waals surface area contributed by atoms with Gasteiger partial charge >= 0.3 is 5.97 Å². The van der Waals surface area contributed by atoms with Gasteiger partial charge in [0.15, 0.2) is 4.80 Å². The maximum atomic E-state index is 12.0. The molecule has 1 heterocycles. The number of esters is 1. The molecule has 0 spiro atoms. The summed E-state index contributed by atoms with van der Waals surface area (Å²) in [4.78, 5) is 28.5. The molecule has 0 bridgehead atoms. The standard InChI is InChI=1S/C15H15ClN2O3S/c1-2-21-13(19)8-18-11-6-5-10(16)7-12(11)22-15(18)17-14(20)9-3-4-9/h5-7,9H,2-4,8H2,1H3. The molecular formula is C15H15ClN2O3S. The first kappa shape index (κ1) is 15.2. The van der Waals surface area contributed by atoms with E-state index in [9.17, 15) is 9.59 Å². The maximum Gasteiger partial charge on any atom is 0.326 e. The van der Waals surface area contributed by atoms with Gasteiger partial charge in [-0.15, -0.1) is 0 Å². The number of rotatable bonds is 4. The number of fused-ring (bicyclic) bond motifs is 1. The molecule has 1 fully saturated rings. The molecule has 1 aliphatic rings. The molecule has 0 radical (unpaired) electrons. The third-order valence-corrected chi connectivity index (χ3v) is 4.65. The van der Waals surface area contributed by atoms with Gasteiger partial charge in [-0.05, 0) is 38.0 Å². The van der Waals surface area contributed by atoms with Crippen molar-refractivity contribution in [3.63, 3.8) is 0 Å². The van der Waals surface area contributed by atoms with Crippen LogP contribution >= 0.6 is 22.9 Å². The minimum absolute atomic E-state index is 0.0340. The minimum atomic E-state index is -0.350. The van der Waals surface area contributed by atoms with Gasteiger partial charge in [0.1, 0.15) is 6.54 Å². The fourth-order valence-corrected chi connectivity index (χ4v) is 3.45. The van der Waals surface area contributed by atoms with E-state index in [0.29, 0.717) is 16.4 Å². The van der Waals surface area contributed by atoms with Gasteiger partial charge in [0.25, 0.3) is 5.91 Å². The number of aromatic nitrogens is 1. The van der Waals surface area contributed by atoms with Crippen molar-refractivity contribution in [1.82, 2.24) is 4.57 Å². The fraction of sp³-hybridized carbons (Fsp3) is 0.400. The Morgan fingerprint density at radius 2 is 2.23 bits per heavy atom. The van der Waals surface area contributed by atoms with Crippen LogP contribution in [-0.2, 0) is 20.9 Å². The first-order valence-corrected chi connectivity index (χ1v) is 8.31. The molecule has 1 amide bonds. The molecule has 0 aliphatic heterocycles. The largest absolute Gasteiger partial charge is 0.465 e. The summed E-state index contributed by atoms with van der Waals surface area (Å²) >= 11 is 7.37. The summed E-state index contributed by atoms with van der Waals surface area (Å²) in [6, 6.07) is 5.39. The normalized spacial score (nSPS) is 15.3. The highest BCUT2D eigenvalue weighted by Gasteiger charge is 2.29. The van der Waals surface area contributed by atoms with Gasteiger partial charge in [0, 0.05) is 10.9 Å². The quantitative estimate of drug-likeness (QED) is 0.805. The van der Waals surface area contributed by atoms with E-state index in [2.05, 4.69) is 4.99 Å². The van der Waals surface area contributed by atoms with E-state index in [0.717, 1.165) is 23.1 Å². The van der Waals surface area contributed by atoms with Crippen molar-refractivity contribution in [2.75, 3.05) is 6.61 Å². The molecule has 0 N–H and O–H groups in total. The van der Waals surface area contributed by atoms with Gasteiger partial charge in [-0.3, -0.25) is 9.59 Å². The van der Waals surface area contributed by atoms with Crippen LogP contribution in [-0.4, -0.2) is 23.1 Å². The van der Waals surface area contributed by atoms with Crippen LogP contribution in [0.2, 0.25) is 5.02 Å². The minimum Gasteiger partial charge on any atom is -0.465 e. The second-order valence-corrected chi connectivity index (χ2v) is 6.56. The number of nitrogens with zero attached hydrogens (tertiary/aromatic N) is 2. The van der Waals surface area contributed by atoms with Crippen molar-refractivity contribution in [1.29, 1.82) is 0 Å². The second kappa shape index (κ2) is 6.22. The van der Waals surface area contributed by atoms with E-state index in [1.165, 1.54) is 11.3 Å². The Balaban J connectivity index is 2.08. The number of hydrogen-bond acceptors (Lipinski definition) is 4. The topological polar surface area (TPSA) is 60.7 Å². The Hall–Kier alpha value is -1.66. The SMILES string of the molecule is CCOC(=O)Cn1c(=NC(=O)C2CC2)sc2cc(Cl)ccc21. The molecule has 1 aromatic heterocycles. The van der Waals surface area contributed by atoms with E-state index in [4.69, 9.17) is 16.3 Å². The van der Waals surface area contributed by atoms with E-state index >= 15 is 0 Å². The summed E-state index contributed by atoms with van der Waals surface area (Å²) in [6.45, 7) is 2.11. The summed E-state index contributed by atoms with van der Waals surface area (Å²) in [7, 11) is 0. The Morgan fingerprint density at radius 3 is 2.91 bits per heavy atom. The van der Waals surface area contributed by atoms with Crippen LogP contribution in [0.5, 0.6) is 0 Å². The summed E-state index contributed by atoms with van der Waals surface area (Å²) in [6.07, 6.45) is 1.80. The maximum absolute atomic E-state index is 12.0. The van der Waals surface area contributed by atoms with Crippen molar-refractivity contribution in [3.05, 3.63) is 28.0 Å². The molecule has 0 unspecified atom stereocenters. The lowest BCUT2D eigenvalue weighted by molar-refractivity contribution is -0.143. The molecule has 22 heavy (non-hydrogen) atoms. The predicted molar refractivity (Wildman–Crippen MR) is 84.8 cm³/mol. The Morgan fingerprint density at radius 1 is 1.45 bits per heavy atom. The first-order chi connectivity index (χ1) is 10.6. The van der Waals surface area contributed by atoms with Crippen LogP contribution < -0.4 is 4.80 Å². The van der Waals surface area contributed by atoms with Crippen molar-refractivity contribution >= 4 is 45.0 Å². The molecule has 0 atom stereocenters. The van der Waals surface area contributed by atoms with Crippen molar-refractivity contribution in [2.45, 2.75) is 26.3 Å². The highest BCUT2D eigenvalue weighted by atomic mass is 35.5. The molecule has 3 rings (SSSR count). The van der Waals surface area contributed by atoms with Gasteiger partial charge in [-0.2, -0.15) is 4.99 Å². The van der Waals surface area contributed by atoms with Crippen LogP contribution in [0.3, 0.4) is 0 Å². The number of ether oxygens (including phenoxy) is 1. The van der Waals surface area contributed by atoms with Crippen LogP contribution in [0.15, 0.2) is 23.2 Å². The monoisotopic (exact) mass is 338 g/mol. The summed E-state index contributed by atoms with van der Waals surface area (Å²) in [5.74, 6) is -0.419. The molecular weight excluding hydrogens is 324 g/mol. The van der Waals surface area contributed by atoms with Crippen LogP contribution in [0, 0.1) is 5.92 Å². The molecule has 1 aromatic carbocycles.